The average Bonchev–Trinajstić information content (AvgIpc) is 2.47. The molecule has 0 bridgehead atoms. The molecule has 0 saturated heterocycles. The number of hydrogen-bond donors (Lipinski definition) is 2. The van der Waals surface area contributed by atoms with Crippen LogP contribution in [-0.4, -0.2) is 24.1 Å². The summed E-state index contributed by atoms with van der Waals surface area (Å²) in [6.45, 7) is 5.04. The zero-order valence-electron chi connectivity index (χ0n) is 14.1. The maximum atomic E-state index is 12.4. The summed E-state index contributed by atoms with van der Waals surface area (Å²) in [5.41, 5.74) is 7.04. The van der Waals surface area contributed by atoms with Crippen molar-refractivity contribution in [3.63, 3.8) is 0 Å². The van der Waals surface area contributed by atoms with Gasteiger partial charge < -0.3 is 15.8 Å². The molecule has 5 heteroatoms. The molecule has 1 fully saturated rings. The molecule has 0 aliphatic heterocycles. The van der Waals surface area contributed by atoms with E-state index in [0.29, 0.717) is 13.2 Å². The first kappa shape index (κ1) is 19.9. The number of carbonyl (C=O) groups excluding carboxylic acids is 1. The van der Waals surface area contributed by atoms with Gasteiger partial charge in [0.25, 0.3) is 0 Å². The Labute approximate surface area is 145 Å². The van der Waals surface area contributed by atoms with E-state index in [1.807, 2.05) is 44.2 Å². The van der Waals surface area contributed by atoms with Crippen molar-refractivity contribution in [1.29, 1.82) is 0 Å². The van der Waals surface area contributed by atoms with Crippen molar-refractivity contribution in [3.8, 4) is 0 Å². The zero-order chi connectivity index (χ0) is 16.0. The highest BCUT2D eigenvalue weighted by Gasteiger charge is 2.37. The molecule has 23 heavy (non-hydrogen) atoms. The highest BCUT2D eigenvalue weighted by Crippen LogP contribution is 2.31. The average molecular weight is 341 g/mol. The van der Waals surface area contributed by atoms with Crippen LogP contribution in [0.1, 0.15) is 45.1 Å². The summed E-state index contributed by atoms with van der Waals surface area (Å²) in [6, 6.07) is 10.0. The van der Waals surface area contributed by atoms with Crippen LogP contribution in [0.2, 0.25) is 0 Å². The van der Waals surface area contributed by atoms with Gasteiger partial charge in [-0.2, -0.15) is 0 Å². The third kappa shape index (κ3) is 6.13. The summed E-state index contributed by atoms with van der Waals surface area (Å²) in [4.78, 5) is 12.4. The molecule has 1 aliphatic carbocycles. The lowest BCUT2D eigenvalue weighted by Gasteiger charge is -2.37. The van der Waals surface area contributed by atoms with E-state index in [9.17, 15) is 4.79 Å². The Kier molecular flexibility index (Phi) is 8.03. The van der Waals surface area contributed by atoms with Crippen LogP contribution in [0.5, 0.6) is 0 Å². The normalized spacial score (nSPS) is 25.3. The van der Waals surface area contributed by atoms with Gasteiger partial charge in [0, 0.05) is 11.6 Å². The predicted molar refractivity (Wildman–Crippen MR) is 95.5 cm³/mol. The first-order chi connectivity index (χ1) is 10.5. The van der Waals surface area contributed by atoms with Gasteiger partial charge in [-0.3, -0.25) is 4.79 Å². The lowest BCUT2D eigenvalue weighted by molar-refractivity contribution is -0.129. The SMILES string of the molecule is CC(COCc1ccccc1)NC(=O)C1CCCCC1(C)N.Cl. The molecule has 1 aliphatic rings. The van der Waals surface area contributed by atoms with E-state index in [4.69, 9.17) is 10.5 Å². The van der Waals surface area contributed by atoms with Gasteiger partial charge in [-0.25, -0.2) is 0 Å². The third-order valence-electron chi connectivity index (χ3n) is 4.44. The summed E-state index contributed by atoms with van der Waals surface area (Å²) in [5, 5.41) is 3.05. The van der Waals surface area contributed by atoms with Crippen molar-refractivity contribution in [2.24, 2.45) is 11.7 Å². The second-order valence-corrected chi connectivity index (χ2v) is 6.71. The van der Waals surface area contributed by atoms with Gasteiger partial charge in [0.15, 0.2) is 0 Å². The van der Waals surface area contributed by atoms with Crippen molar-refractivity contribution < 1.29 is 9.53 Å². The van der Waals surface area contributed by atoms with E-state index in [0.717, 1.165) is 31.2 Å². The van der Waals surface area contributed by atoms with Crippen LogP contribution in [-0.2, 0) is 16.1 Å². The van der Waals surface area contributed by atoms with Gasteiger partial charge in [-0.05, 0) is 32.3 Å². The van der Waals surface area contributed by atoms with Gasteiger partial charge in [0.05, 0.1) is 19.1 Å². The molecule has 0 aromatic heterocycles. The Bertz CT molecular complexity index is 479. The van der Waals surface area contributed by atoms with Gasteiger partial charge in [-0.1, -0.05) is 43.2 Å². The Hall–Kier alpha value is -1.10. The molecule has 1 aromatic carbocycles. The van der Waals surface area contributed by atoms with Crippen molar-refractivity contribution in [1.82, 2.24) is 5.32 Å². The number of amides is 1. The summed E-state index contributed by atoms with van der Waals surface area (Å²) in [7, 11) is 0. The van der Waals surface area contributed by atoms with Crippen LogP contribution in [0, 0.1) is 5.92 Å². The van der Waals surface area contributed by atoms with Crippen LogP contribution < -0.4 is 11.1 Å². The molecule has 0 heterocycles. The van der Waals surface area contributed by atoms with Crippen LogP contribution in [0.3, 0.4) is 0 Å². The first-order valence-electron chi connectivity index (χ1n) is 8.20. The van der Waals surface area contributed by atoms with Gasteiger partial charge in [0.2, 0.25) is 5.91 Å². The topological polar surface area (TPSA) is 64.3 Å². The summed E-state index contributed by atoms with van der Waals surface area (Å²) in [6.07, 6.45) is 4.01. The Morgan fingerprint density at radius 2 is 2.09 bits per heavy atom. The molecule has 1 saturated carbocycles. The highest BCUT2D eigenvalue weighted by molar-refractivity contribution is 5.85. The number of nitrogens with two attached hydrogens (primary N) is 1. The molecule has 3 unspecified atom stereocenters. The maximum absolute atomic E-state index is 12.4. The molecule has 130 valence electrons. The fourth-order valence-electron chi connectivity index (χ4n) is 3.10. The molecule has 0 spiro atoms. The number of carbonyl (C=O) groups is 1. The van der Waals surface area contributed by atoms with Crippen molar-refractivity contribution in [2.45, 2.75) is 57.7 Å². The van der Waals surface area contributed by atoms with E-state index in [1.54, 1.807) is 0 Å². The fraction of sp³-hybridized carbons (Fsp3) is 0.611. The monoisotopic (exact) mass is 340 g/mol. The van der Waals surface area contributed by atoms with Crippen LogP contribution in [0.25, 0.3) is 0 Å². The minimum Gasteiger partial charge on any atom is -0.375 e. The molecule has 3 atom stereocenters. The molecule has 4 nitrogen and oxygen atoms in total. The molecule has 3 N–H and O–H groups in total. The van der Waals surface area contributed by atoms with E-state index in [1.165, 1.54) is 0 Å². The van der Waals surface area contributed by atoms with Crippen molar-refractivity contribution in [3.05, 3.63) is 35.9 Å². The summed E-state index contributed by atoms with van der Waals surface area (Å²) in [5.74, 6) is -0.0154. The van der Waals surface area contributed by atoms with Gasteiger partial charge >= 0.3 is 0 Å². The summed E-state index contributed by atoms with van der Waals surface area (Å²) >= 11 is 0. The highest BCUT2D eigenvalue weighted by atomic mass is 35.5. The predicted octanol–water partition coefficient (Wildman–Crippen LogP) is 3.04. The van der Waals surface area contributed by atoms with E-state index in [2.05, 4.69) is 5.32 Å². The second-order valence-electron chi connectivity index (χ2n) is 6.71. The maximum Gasteiger partial charge on any atom is 0.225 e. The lowest BCUT2D eigenvalue weighted by Crippen LogP contribution is -2.54. The van der Waals surface area contributed by atoms with E-state index in [-0.39, 0.29) is 35.8 Å². The number of nitrogens with one attached hydrogen (secondary N) is 1. The molecule has 2 rings (SSSR count). The van der Waals surface area contributed by atoms with Crippen LogP contribution in [0.15, 0.2) is 30.3 Å². The zero-order valence-corrected chi connectivity index (χ0v) is 14.9. The van der Waals surface area contributed by atoms with Crippen LogP contribution >= 0.6 is 12.4 Å². The van der Waals surface area contributed by atoms with Crippen LogP contribution in [0.4, 0.5) is 0 Å². The van der Waals surface area contributed by atoms with Gasteiger partial charge in [0.1, 0.15) is 0 Å². The third-order valence-corrected chi connectivity index (χ3v) is 4.44. The number of rotatable bonds is 6. The van der Waals surface area contributed by atoms with Crippen molar-refractivity contribution in [2.75, 3.05) is 6.61 Å². The number of benzene rings is 1. The second kappa shape index (κ2) is 9.26. The van der Waals surface area contributed by atoms with E-state index >= 15 is 0 Å². The Morgan fingerprint density at radius 1 is 1.39 bits per heavy atom. The molecule has 1 amide bonds. The molecular formula is C18H29ClN2O2. The minimum atomic E-state index is -0.382. The summed E-state index contributed by atoms with van der Waals surface area (Å²) < 4.78 is 5.68. The molecule has 0 radical (unpaired) electrons. The first-order valence-corrected chi connectivity index (χ1v) is 8.20. The largest absolute Gasteiger partial charge is 0.375 e. The number of ether oxygens (including phenoxy) is 1. The standard InChI is InChI=1S/C18H28N2O2.ClH/c1-14(12-22-13-15-8-4-3-5-9-15)20-17(21)16-10-6-7-11-18(16,2)19;/h3-5,8-9,14,16H,6-7,10-13,19H2,1-2H3,(H,20,21);1H. The minimum absolute atomic E-state index is 0. The molecular weight excluding hydrogens is 312 g/mol. The lowest BCUT2D eigenvalue weighted by atomic mass is 9.74. The van der Waals surface area contributed by atoms with Crippen molar-refractivity contribution >= 4 is 18.3 Å². The quantitative estimate of drug-likeness (QED) is 0.836. The van der Waals surface area contributed by atoms with Gasteiger partial charge in [-0.15, -0.1) is 12.4 Å². The smallest absolute Gasteiger partial charge is 0.225 e. The number of hydrogen-bond acceptors (Lipinski definition) is 3. The Balaban J connectivity index is 0.00000264. The number of halogens is 1. The molecule has 1 aromatic rings. The van der Waals surface area contributed by atoms with E-state index < -0.39 is 0 Å². The Morgan fingerprint density at radius 3 is 2.74 bits per heavy atom. The fourth-order valence-corrected chi connectivity index (χ4v) is 3.10.